The number of aromatic nitrogens is 2. The highest BCUT2D eigenvalue weighted by Gasteiger charge is 2.31. The van der Waals surface area contributed by atoms with Gasteiger partial charge in [0.2, 0.25) is 0 Å². The fourth-order valence-corrected chi connectivity index (χ4v) is 3.53. The molecule has 35 heavy (non-hydrogen) atoms. The molecule has 0 saturated carbocycles. The van der Waals surface area contributed by atoms with Gasteiger partial charge in [-0.3, -0.25) is 4.79 Å². The van der Waals surface area contributed by atoms with Crippen LogP contribution < -0.4 is 15.0 Å². The fraction of sp³-hybridized carbons (Fsp3) is 0.192. The number of hydrogen-bond donors (Lipinski definition) is 0. The van der Waals surface area contributed by atoms with E-state index in [1.54, 1.807) is 42.5 Å². The summed E-state index contributed by atoms with van der Waals surface area (Å²) in [6.07, 6.45) is -3.32. The number of benzene rings is 3. The van der Waals surface area contributed by atoms with Crippen molar-refractivity contribution in [2.24, 2.45) is 5.10 Å². The number of fused-ring (bicyclic) bond motifs is 1. The molecule has 0 atom stereocenters. The molecule has 0 aliphatic rings. The van der Waals surface area contributed by atoms with Gasteiger partial charge in [0.25, 0.3) is 5.56 Å². The van der Waals surface area contributed by atoms with E-state index in [0.717, 1.165) is 16.8 Å². The average Bonchev–Trinajstić information content (AvgIpc) is 2.83. The summed E-state index contributed by atoms with van der Waals surface area (Å²) in [5.74, 6) is 0.881. The van der Waals surface area contributed by atoms with E-state index in [1.165, 1.54) is 25.5 Å². The summed E-state index contributed by atoms with van der Waals surface area (Å²) >= 11 is 0. The third-order valence-electron chi connectivity index (χ3n) is 5.10. The van der Waals surface area contributed by atoms with Crippen LogP contribution in [0.4, 0.5) is 13.2 Å². The summed E-state index contributed by atoms with van der Waals surface area (Å²) in [5.41, 5.74) is -0.402. The van der Waals surface area contributed by atoms with Crippen LogP contribution in [0.1, 0.15) is 25.0 Å². The Balaban J connectivity index is 1.93. The van der Waals surface area contributed by atoms with Crippen LogP contribution in [0.25, 0.3) is 22.3 Å². The number of para-hydroxylation sites is 2. The lowest BCUT2D eigenvalue weighted by Crippen LogP contribution is -2.20. The molecule has 0 amide bonds. The van der Waals surface area contributed by atoms with Crippen molar-refractivity contribution in [1.29, 1.82) is 0 Å². The number of methoxy groups -OCH3 is 1. The Hall–Kier alpha value is -4.14. The van der Waals surface area contributed by atoms with Gasteiger partial charge >= 0.3 is 6.18 Å². The van der Waals surface area contributed by atoms with Crippen molar-refractivity contribution in [1.82, 2.24) is 9.66 Å². The highest BCUT2D eigenvalue weighted by Crippen LogP contribution is 2.33. The first-order valence-corrected chi connectivity index (χ1v) is 10.8. The van der Waals surface area contributed by atoms with Gasteiger partial charge in [0.1, 0.15) is 0 Å². The van der Waals surface area contributed by atoms with E-state index in [0.29, 0.717) is 22.6 Å². The van der Waals surface area contributed by atoms with Crippen LogP contribution in [-0.2, 0) is 6.18 Å². The molecule has 0 unspecified atom stereocenters. The third-order valence-corrected chi connectivity index (χ3v) is 5.10. The van der Waals surface area contributed by atoms with E-state index in [-0.39, 0.29) is 22.9 Å². The van der Waals surface area contributed by atoms with Gasteiger partial charge in [0.05, 0.1) is 35.9 Å². The number of hydrogen-bond acceptors (Lipinski definition) is 5. The first-order chi connectivity index (χ1) is 16.7. The van der Waals surface area contributed by atoms with Crippen LogP contribution in [0.15, 0.2) is 76.6 Å². The van der Waals surface area contributed by atoms with E-state index < -0.39 is 17.3 Å². The van der Waals surface area contributed by atoms with Crippen molar-refractivity contribution in [3.05, 3.63) is 88.2 Å². The van der Waals surface area contributed by atoms with E-state index in [9.17, 15) is 18.0 Å². The second-order valence-corrected chi connectivity index (χ2v) is 7.94. The molecule has 0 N–H and O–H groups in total. The van der Waals surface area contributed by atoms with Crippen molar-refractivity contribution in [3.63, 3.8) is 0 Å². The van der Waals surface area contributed by atoms with Gasteiger partial charge in [-0.2, -0.15) is 22.9 Å². The van der Waals surface area contributed by atoms with Crippen molar-refractivity contribution in [2.75, 3.05) is 7.11 Å². The lowest BCUT2D eigenvalue weighted by atomic mass is 10.1. The molecule has 1 heterocycles. The maximum atomic E-state index is 13.4. The summed E-state index contributed by atoms with van der Waals surface area (Å²) in [7, 11) is 1.51. The Morgan fingerprint density at radius 3 is 2.49 bits per heavy atom. The molecule has 4 rings (SSSR count). The minimum atomic E-state index is -4.55. The molecular weight excluding hydrogens is 459 g/mol. The highest BCUT2D eigenvalue weighted by atomic mass is 19.4. The number of nitrogens with zero attached hydrogens (tertiary/aromatic N) is 3. The van der Waals surface area contributed by atoms with Gasteiger partial charge < -0.3 is 9.47 Å². The first-order valence-electron chi connectivity index (χ1n) is 10.8. The molecule has 6 nitrogen and oxygen atoms in total. The first kappa shape index (κ1) is 24.0. The average molecular weight is 481 g/mol. The molecule has 0 aliphatic heterocycles. The monoisotopic (exact) mass is 481 g/mol. The summed E-state index contributed by atoms with van der Waals surface area (Å²) < 4.78 is 52.3. The molecule has 0 saturated heterocycles. The largest absolute Gasteiger partial charge is 0.493 e. The second-order valence-electron chi connectivity index (χ2n) is 7.94. The Morgan fingerprint density at radius 1 is 1.03 bits per heavy atom. The predicted molar refractivity (Wildman–Crippen MR) is 128 cm³/mol. The number of ether oxygens (including phenoxy) is 2. The smallest absolute Gasteiger partial charge is 0.416 e. The van der Waals surface area contributed by atoms with Gasteiger partial charge in [-0.25, -0.2) is 4.98 Å². The Labute approximate surface area is 199 Å². The molecule has 180 valence electrons. The minimum Gasteiger partial charge on any atom is -0.493 e. The van der Waals surface area contributed by atoms with E-state index in [1.807, 2.05) is 13.8 Å². The fourth-order valence-electron chi connectivity index (χ4n) is 3.53. The molecule has 9 heteroatoms. The van der Waals surface area contributed by atoms with Crippen molar-refractivity contribution in [2.45, 2.75) is 26.1 Å². The maximum absolute atomic E-state index is 13.4. The second kappa shape index (κ2) is 9.61. The summed E-state index contributed by atoms with van der Waals surface area (Å²) in [6.45, 7) is 3.72. The Morgan fingerprint density at radius 2 is 1.77 bits per heavy atom. The van der Waals surface area contributed by atoms with Crippen LogP contribution in [0.2, 0.25) is 0 Å². The van der Waals surface area contributed by atoms with Gasteiger partial charge in [0, 0.05) is 11.1 Å². The van der Waals surface area contributed by atoms with E-state index in [2.05, 4.69) is 10.1 Å². The van der Waals surface area contributed by atoms with Crippen molar-refractivity contribution in [3.8, 4) is 22.9 Å². The molecule has 0 fully saturated rings. The van der Waals surface area contributed by atoms with Gasteiger partial charge in [-0.1, -0.05) is 30.3 Å². The molecule has 0 aliphatic carbocycles. The van der Waals surface area contributed by atoms with Crippen LogP contribution in [-0.4, -0.2) is 29.1 Å². The molecule has 1 aromatic heterocycles. The standard InChI is InChI=1S/C26H22F3N3O3/c1-16(2)35-23-18(9-7-13-22(23)34-3)15-30-32-24(17-8-6-10-19(14-17)26(27,28)29)31-21-12-5-4-11-20(21)25(32)33/h4-16H,1-3H3. The van der Waals surface area contributed by atoms with Crippen LogP contribution in [0.3, 0.4) is 0 Å². The topological polar surface area (TPSA) is 65.7 Å². The Bertz CT molecular complexity index is 1460. The molecular formula is C26H22F3N3O3. The summed E-state index contributed by atoms with van der Waals surface area (Å²) in [4.78, 5) is 17.8. The van der Waals surface area contributed by atoms with Crippen LogP contribution in [0, 0.1) is 0 Å². The lowest BCUT2D eigenvalue weighted by molar-refractivity contribution is -0.137. The van der Waals surface area contributed by atoms with Gasteiger partial charge in [-0.15, -0.1) is 0 Å². The zero-order chi connectivity index (χ0) is 25.2. The van der Waals surface area contributed by atoms with Gasteiger partial charge in [0.15, 0.2) is 17.3 Å². The Kier molecular flexibility index (Phi) is 6.59. The molecule has 0 bridgehead atoms. The summed E-state index contributed by atoms with van der Waals surface area (Å²) in [5, 5.41) is 4.62. The quantitative estimate of drug-likeness (QED) is 0.329. The van der Waals surface area contributed by atoms with Crippen molar-refractivity contribution >= 4 is 17.1 Å². The zero-order valence-corrected chi connectivity index (χ0v) is 19.2. The SMILES string of the molecule is COc1cccc(C=Nn2c(-c3cccc(C(F)(F)F)c3)nc3ccccc3c2=O)c1OC(C)C. The summed E-state index contributed by atoms with van der Waals surface area (Å²) in [6, 6.07) is 16.4. The van der Waals surface area contributed by atoms with E-state index >= 15 is 0 Å². The lowest BCUT2D eigenvalue weighted by Gasteiger charge is -2.16. The van der Waals surface area contributed by atoms with Gasteiger partial charge in [-0.05, 0) is 50.2 Å². The normalized spacial score (nSPS) is 12.0. The molecule has 4 aromatic rings. The predicted octanol–water partition coefficient (Wildman–Crippen LogP) is 5.76. The number of halogens is 3. The maximum Gasteiger partial charge on any atom is 0.416 e. The highest BCUT2D eigenvalue weighted by molar-refractivity contribution is 5.86. The zero-order valence-electron chi connectivity index (χ0n) is 19.2. The number of rotatable bonds is 6. The minimum absolute atomic E-state index is 0.0229. The van der Waals surface area contributed by atoms with Crippen LogP contribution >= 0.6 is 0 Å². The number of alkyl halides is 3. The third kappa shape index (κ3) is 5.03. The molecule has 0 spiro atoms. The molecule has 3 aromatic carbocycles. The molecule has 0 radical (unpaired) electrons. The van der Waals surface area contributed by atoms with Crippen molar-refractivity contribution < 1.29 is 22.6 Å². The van der Waals surface area contributed by atoms with Crippen LogP contribution in [0.5, 0.6) is 11.5 Å². The van der Waals surface area contributed by atoms with E-state index in [4.69, 9.17) is 9.47 Å².